The molecule has 0 saturated carbocycles. The van der Waals surface area contributed by atoms with Crippen LogP contribution < -0.4 is 0 Å². The summed E-state index contributed by atoms with van der Waals surface area (Å²) < 4.78 is 0. The summed E-state index contributed by atoms with van der Waals surface area (Å²) in [5, 5.41) is 0. The quantitative estimate of drug-likeness (QED) is 0.0430. The fourth-order valence-electron chi connectivity index (χ4n) is 7.50. The Hall–Kier alpha value is -1.64. The lowest BCUT2D eigenvalue weighted by molar-refractivity contribution is -0.430. The summed E-state index contributed by atoms with van der Waals surface area (Å²) >= 11 is 0. The molecule has 2 aromatic carbocycles. The maximum absolute atomic E-state index is 7.18. The first-order chi connectivity index (χ1) is 23.7. The molecule has 0 saturated heterocycles. The van der Waals surface area contributed by atoms with Crippen LogP contribution in [0.25, 0.3) is 0 Å². The van der Waals surface area contributed by atoms with Crippen molar-refractivity contribution in [3.8, 4) is 0 Å². The van der Waals surface area contributed by atoms with Gasteiger partial charge in [0.05, 0.1) is 0 Å². The lowest BCUT2D eigenvalue weighted by Crippen LogP contribution is -2.37. The molecule has 0 aliphatic rings. The van der Waals surface area contributed by atoms with Crippen molar-refractivity contribution in [2.24, 2.45) is 0 Å². The van der Waals surface area contributed by atoms with Gasteiger partial charge in [-0.25, -0.2) is 9.78 Å². The van der Waals surface area contributed by atoms with Crippen LogP contribution in [0.4, 0.5) is 0 Å². The van der Waals surface area contributed by atoms with Gasteiger partial charge < -0.3 is 0 Å². The molecule has 0 fully saturated rings. The molecular weight excluding hydrogens is 585 g/mol. The van der Waals surface area contributed by atoms with Crippen molar-refractivity contribution in [2.45, 2.75) is 219 Å². The smallest absolute Gasteiger partial charge is 0.128 e. The van der Waals surface area contributed by atoms with E-state index in [2.05, 4.69) is 88.4 Å². The van der Waals surface area contributed by atoms with Gasteiger partial charge in [-0.3, -0.25) is 0 Å². The monoisotopic (exact) mass is 663 g/mol. The van der Waals surface area contributed by atoms with E-state index >= 15 is 0 Å². The molecule has 0 N–H and O–H groups in total. The van der Waals surface area contributed by atoms with Crippen LogP contribution in [-0.2, 0) is 21.0 Å². The minimum absolute atomic E-state index is 0.418. The number of benzene rings is 2. The van der Waals surface area contributed by atoms with Crippen LogP contribution in [0.15, 0.2) is 60.7 Å². The third-order valence-corrected chi connectivity index (χ3v) is 10.7. The molecule has 0 amide bonds. The lowest BCUT2D eigenvalue weighted by Gasteiger charge is -2.40. The van der Waals surface area contributed by atoms with Crippen molar-refractivity contribution in [1.29, 1.82) is 0 Å². The van der Waals surface area contributed by atoms with Gasteiger partial charge in [-0.15, -0.1) is 0 Å². The average molecular weight is 663 g/mol. The summed E-state index contributed by atoms with van der Waals surface area (Å²) in [6, 6.07) is 22.3. The fraction of sp³-hybridized carbons (Fsp3) is 0.739. The summed E-state index contributed by atoms with van der Waals surface area (Å²) in [7, 11) is 0. The molecule has 48 heavy (non-hydrogen) atoms. The number of unbranched alkanes of at least 4 members (excludes halogenated alkanes) is 20. The average Bonchev–Trinajstić information content (AvgIpc) is 3.13. The van der Waals surface area contributed by atoms with Crippen molar-refractivity contribution in [3.05, 3.63) is 71.8 Å². The van der Waals surface area contributed by atoms with Crippen molar-refractivity contribution < 1.29 is 9.78 Å². The molecule has 2 nitrogen and oxygen atoms in total. The van der Waals surface area contributed by atoms with E-state index in [-0.39, 0.29) is 0 Å². The van der Waals surface area contributed by atoms with E-state index in [0.717, 1.165) is 25.7 Å². The molecule has 2 heteroatoms. The van der Waals surface area contributed by atoms with E-state index in [1.54, 1.807) is 0 Å². The molecule has 0 spiro atoms. The van der Waals surface area contributed by atoms with Crippen LogP contribution in [-0.4, -0.2) is 0 Å². The van der Waals surface area contributed by atoms with Crippen LogP contribution >= 0.6 is 0 Å². The van der Waals surface area contributed by atoms with Gasteiger partial charge in [0, 0.05) is 0 Å². The summed E-state index contributed by atoms with van der Waals surface area (Å²) in [4.78, 5) is 14.4. The largest absolute Gasteiger partial charge is 0.224 e. The Morgan fingerprint density at radius 2 is 0.542 bits per heavy atom. The summed E-state index contributed by atoms with van der Waals surface area (Å²) in [6.07, 6.45) is 35.1. The van der Waals surface area contributed by atoms with Crippen molar-refractivity contribution in [3.63, 3.8) is 0 Å². The Labute approximate surface area is 299 Å². The predicted molar refractivity (Wildman–Crippen MR) is 210 cm³/mol. The third kappa shape index (κ3) is 17.3. The Balaban J connectivity index is 2.39. The molecule has 0 atom stereocenters. The molecular formula is C46H78O2. The zero-order valence-corrected chi connectivity index (χ0v) is 32.4. The van der Waals surface area contributed by atoms with Crippen molar-refractivity contribution in [1.82, 2.24) is 0 Å². The van der Waals surface area contributed by atoms with E-state index in [4.69, 9.17) is 9.78 Å². The zero-order chi connectivity index (χ0) is 34.4. The zero-order valence-electron chi connectivity index (χ0n) is 32.4. The molecule has 274 valence electrons. The van der Waals surface area contributed by atoms with Crippen LogP contribution in [0.1, 0.15) is 219 Å². The molecule has 0 unspecified atom stereocenters. The third-order valence-electron chi connectivity index (χ3n) is 10.7. The highest BCUT2D eigenvalue weighted by Gasteiger charge is 2.40. The van der Waals surface area contributed by atoms with E-state index in [1.807, 2.05) is 0 Å². The molecule has 2 aromatic rings. The first-order valence-corrected chi connectivity index (χ1v) is 21.1. The van der Waals surface area contributed by atoms with Gasteiger partial charge in [0.15, 0.2) is 0 Å². The highest BCUT2D eigenvalue weighted by atomic mass is 17.2. The SMILES string of the molecule is CCCCCCCCC(CCCCCCCC)(OOC(CCCCCCCC)(CCCCCCCC)c1ccccc1)c1ccccc1. The molecule has 0 radical (unpaired) electrons. The van der Waals surface area contributed by atoms with Crippen molar-refractivity contribution >= 4 is 0 Å². The Bertz CT molecular complexity index is 843. The lowest BCUT2D eigenvalue weighted by atomic mass is 9.82. The molecule has 0 heterocycles. The fourth-order valence-corrected chi connectivity index (χ4v) is 7.50. The normalized spacial score (nSPS) is 12.2. The van der Waals surface area contributed by atoms with Crippen LogP contribution in [0.5, 0.6) is 0 Å². The van der Waals surface area contributed by atoms with Crippen LogP contribution in [0.3, 0.4) is 0 Å². The second-order valence-electron chi connectivity index (χ2n) is 15.0. The number of hydrogen-bond donors (Lipinski definition) is 0. The Morgan fingerprint density at radius 1 is 0.312 bits per heavy atom. The Kier molecular flexibility index (Phi) is 24.9. The van der Waals surface area contributed by atoms with Gasteiger partial charge in [-0.05, 0) is 36.8 Å². The minimum Gasteiger partial charge on any atom is -0.224 e. The summed E-state index contributed by atoms with van der Waals surface area (Å²) in [5.41, 5.74) is 1.76. The molecule has 0 aliphatic carbocycles. The van der Waals surface area contributed by atoms with Gasteiger partial charge in [0.1, 0.15) is 11.2 Å². The van der Waals surface area contributed by atoms with E-state index < -0.39 is 11.2 Å². The number of hydrogen-bond acceptors (Lipinski definition) is 2. The maximum atomic E-state index is 7.18. The van der Waals surface area contributed by atoms with Crippen LogP contribution in [0.2, 0.25) is 0 Å². The first kappa shape index (κ1) is 42.5. The highest BCUT2D eigenvalue weighted by molar-refractivity contribution is 5.24. The first-order valence-electron chi connectivity index (χ1n) is 21.1. The second kappa shape index (κ2) is 28.1. The maximum Gasteiger partial charge on any atom is 0.128 e. The standard InChI is InChI=1S/C46H78O2/c1-5-9-13-17-21-31-39-45(43-35-27-25-28-36-43,40-32-22-18-14-10-6-2)47-48-46(44-37-29-26-30-38-44,41-33-23-19-15-11-7-3)42-34-24-20-16-12-8-4/h25-30,35-38H,5-24,31-34,39-42H2,1-4H3. The van der Waals surface area contributed by atoms with Gasteiger partial charge in [-0.2, -0.15) is 0 Å². The Morgan fingerprint density at radius 3 is 0.792 bits per heavy atom. The molecule has 2 rings (SSSR count). The van der Waals surface area contributed by atoms with Gasteiger partial charge in [0.2, 0.25) is 0 Å². The van der Waals surface area contributed by atoms with E-state index in [9.17, 15) is 0 Å². The second-order valence-corrected chi connectivity index (χ2v) is 15.0. The van der Waals surface area contributed by atoms with Crippen LogP contribution in [0, 0.1) is 0 Å². The summed E-state index contributed by atoms with van der Waals surface area (Å²) in [6.45, 7) is 9.23. The molecule has 0 aliphatic heterocycles. The topological polar surface area (TPSA) is 18.5 Å². The van der Waals surface area contributed by atoms with Gasteiger partial charge in [-0.1, -0.05) is 242 Å². The van der Waals surface area contributed by atoms with Crippen molar-refractivity contribution in [2.75, 3.05) is 0 Å². The van der Waals surface area contributed by atoms with Gasteiger partial charge >= 0.3 is 0 Å². The van der Waals surface area contributed by atoms with E-state index in [0.29, 0.717) is 0 Å². The highest BCUT2D eigenvalue weighted by Crippen LogP contribution is 2.44. The van der Waals surface area contributed by atoms with E-state index in [1.165, 1.54) is 165 Å². The predicted octanol–water partition coefficient (Wildman–Crippen LogP) is 15.7. The summed E-state index contributed by atoms with van der Waals surface area (Å²) in [5.74, 6) is 0. The minimum atomic E-state index is -0.418. The molecule has 0 aromatic heterocycles. The number of rotatable bonds is 33. The van der Waals surface area contributed by atoms with Gasteiger partial charge in [0.25, 0.3) is 0 Å². The molecule has 0 bridgehead atoms.